The van der Waals surface area contributed by atoms with Crippen LogP contribution in [-0.2, 0) is 0 Å². The van der Waals surface area contributed by atoms with E-state index in [2.05, 4.69) is 106 Å². The van der Waals surface area contributed by atoms with Crippen molar-refractivity contribution in [1.82, 2.24) is 21.6 Å². The zero-order chi connectivity index (χ0) is 16.6. The van der Waals surface area contributed by atoms with Gasteiger partial charge >= 0.3 is 140 Å². The van der Waals surface area contributed by atoms with Crippen LogP contribution < -0.4 is 0 Å². The van der Waals surface area contributed by atoms with E-state index in [1.54, 1.807) is 0 Å². The van der Waals surface area contributed by atoms with Crippen LogP contribution in [0.1, 0.15) is 0 Å². The third-order valence-corrected chi connectivity index (χ3v) is 14.4. The molecule has 0 aromatic heterocycles. The summed E-state index contributed by atoms with van der Waals surface area (Å²) >= 11 is -2.85. The summed E-state index contributed by atoms with van der Waals surface area (Å²) in [4.78, 5) is 0. The molecule has 20 heavy (non-hydrogen) atoms. The Labute approximate surface area is 139 Å². The minimum atomic E-state index is -1.42. The Morgan fingerprint density at radius 2 is 0.400 bits per heavy atom. The van der Waals surface area contributed by atoms with E-state index in [9.17, 15) is 0 Å². The van der Waals surface area contributed by atoms with Crippen LogP contribution in [0.5, 0.6) is 0 Å². The van der Waals surface area contributed by atoms with Gasteiger partial charge in [0.2, 0.25) is 0 Å². The monoisotopic (exact) mass is 402 g/mol. The SMILES string of the molecule is C[N](C)[Ga]([N](C)C)[N](C)C.C[N](C)[Ga]([N](C)C)[N](C)C. The summed E-state index contributed by atoms with van der Waals surface area (Å²) in [6.45, 7) is 0. The molecule has 0 saturated carbocycles. The number of hydrogen-bond donors (Lipinski definition) is 0. The van der Waals surface area contributed by atoms with E-state index >= 15 is 0 Å². The molecule has 0 heterocycles. The molecule has 0 amide bonds. The van der Waals surface area contributed by atoms with Crippen LogP contribution in [0.4, 0.5) is 0 Å². The van der Waals surface area contributed by atoms with E-state index in [0.717, 1.165) is 0 Å². The van der Waals surface area contributed by atoms with Crippen LogP contribution in [0.15, 0.2) is 0 Å². The van der Waals surface area contributed by atoms with Crippen molar-refractivity contribution in [2.45, 2.75) is 0 Å². The van der Waals surface area contributed by atoms with Crippen molar-refractivity contribution >= 4 is 33.9 Å². The Bertz CT molecular complexity index is 172. The van der Waals surface area contributed by atoms with Crippen molar-refractivity contribution in [2.75, 3.05) is 84.6 Å². The van der Waals surface area contributed by atoms with Gasteiger partial charge < -0.3 is 0 Å². The summed E-state index contributed by atoms with van der Waals surface area (Å²) < 4.78 is 14.1. The van der Waals surface area contributed by atoms with Crippen LogP contribution in [0, 0.1) is 0 Å². The van der Waals surface area contributed by atoms with Crippen molar-refractivity contribution in [3.05, 3.63) is 0 Å². The van der Waals surface area contributed by atoms with Crippen molar-refractivity contribution in [2.24, 2.45) is 0 Å². The van der Waals surface area contributed by atoms with Gasteiger partial charge in [-0.05, 0) is 0 Å². The topological polar surface area (TPSA) is 19.4 Å². The first kappa shape index (κ1) is 23.3. The number of rotatable bonds is 6. The fourth-order valence-corrected chi connectivity index (χ4v) is 14.4. The summed E-state index contributed by atoms with van der Waals surface area (Å²) in [5.41, 5.74) is 0. The maximum atomic E-state index is 2.35. The molecule has 0 radical (unpaired) electrons. The molecule has 0 atom stereocenters. The molecule has 0 aliphatic rings. The van der Waals surface area contributed by atoms with E-state index in [0.29, 0.717) is 0 Å². The second kappa shape index (κ2) is 11.6. The molecule has 0 rings (SSSR count). The molecule has 0 unspecified atom stereocenters. The summed E-state index contributed by atoms with van der Waals surface area (Å²) in [7, 11) is 25.9. The van der Waals surface area contributed by atoms with Gasteiger partial charge in [0, 0.05) is 0 Å². The van der Waals surface area contributed by atoms with Gasteiger partial charge in [-0.25, -0.2) is 0 Å². The average molecular weight is 404 g/mol. The molecular formula is C12H36Ga2N6. The summed E-state index contributed by atoms with van der Waals surface area (Å²) in [6, 6.07) is 0. The number of nitrogens with zero attached hydrogens (tertiary/aromatic N) is 6. The molecule has 0 saturated heterocycles. The Balaban J connectivity index is 0. The van der Waals surface area contributed by atoms with Gasteiger partial charge in [0.15, 0.2) is 0 Å². The fourth-order valence-electron chi connectivity index (χ4n) is 2.77. The fraction of sp³-hybridized carbons (Fsp3) is 1.00. The normalized spacial score (nSPS) is 11.7. The average Bonchev–Trinajstić information content (AvgIpc) is 2.12. The molecule has 0 fully saturated rings. The molecule has 0 aliphatic carbocycles. The first-order valence-electron chi connectivity index (χ1n) is 6.92. The molecule has 8 heteroatoms. The molecule has 0 aliphatic heterocycles. The quantitative estimate of drug-likeness (QED) is 0.543. The minimum absolute atomic E-state index is 1.42. The number of hydrogen-bond acceptors (Lipinski definition) is 6. The Kier molecular flexibility index (Phi) is 13.5. The van der Waals surface area contributed by atoms with E-state index in [1.807, 2.05) is 0 Å². The van der Waals surface area contributed by atoms with E-state index < -0.39 is 33.9 Å². The molecule has 0 N–H and O–H groups in total. The van der Waals surface area contributed by atoms with E-state index in [4.69, 9.17) is 0 Å². The third kappa shape index (κ3) is 9.88. The van der Waals surface area contributed by atoms with Crippen LogP contribution in [0.3, 0.4) is 0 Å². The van der Waals surface area contributed by atoms with Crippen molar-refractivity contribution in [3.8, 4) is 0 Å². The summed E-state index contributed by atoms with van der Waals surface area (Å²) in [6.07, 6.45) is 0. The van der Waals surface area contributed by atoms with Crippen LogP contribution in [0.25, 0.3) is 0 Å². The van der Waals surface area contributed by atoms with Gasteiger partial charge in [-0.1, -0.05) is 0 Å². The van der Waals surface area contributed by atoms with Crippen LogP contribution in [0.2, 0.25) is 0 Å². The van der Waals surface area contributed by atoms with Gasteiger partial charge in [0.25, 0.3) is 0 Å². The van der Waals surface area contributed by atoms with Crippen molar-refractivity contribution in [1.29, 1.82) is 0 Å². The zero-order valence-corrected chi connectivity index (χ0v) is 20.7. The molecular weight excluding hydrogens is 368 g/mol. The van der Waals surface area contributed by atoms with Crippen LogP contribution in [-0.4, -0.2) is 140 Å². The van der Waals surface area contributed by atoms with Gasteiger partial charge in [-0.2, -0.15) is 0 Å². The maximum absolute atomic E-state index is 2.35. The van der Waals surface area contributed by atoms with Crippen LogP contribution >= 0.6 is 0 Å². The molecule has 0 aromatic carbocycles. The molecule has 0 spiro atoms. The first-order valence-corrected chi connectivity index (χ1v) is 13.4. The van der Waals surface area contributed by atoms with Crippen molar-refractivity contribution in [3.63, 3.8) is 0 Å². The van der Waals surface area contributed by atoms with E-state index in [-0.39, 0.29) is 0 Å². The summed E-state index contributed by atoms with van der Waals surface area (Å²) in [5, 5.41) is 0. The molecule has 6 nitrogen and oxygen atoms in total. The molecule has 0 bridgehead atoms. The van der Waals surface area contributed by atoms with Crippen molar-refractivity contribution < 1.29 is 0 Å². The molecule has 0 aromatic rings. The zero-order valence-electron chi connectivity index (χ0n) is 15.8. The van der Waals surface area contributed by atoms with Gasteiger partial charge in [0.1, 0.15) is 0 Å². The summed E-state index contributed by atoms with van der Waals surface area (Å²) in [5.74, 6) is 0. The van der Waals surface area contributed by atoms with E-state index in [1.165, 1.54) is 0 Å². The second-order valence-corrected chi connectivity index (χ2v) is 22.4. The molecule has 120 valence electrons. The Morgan fingerprint density at radius 1 is 0.300 bits per heavy atom. The third-order valence-electron chi connectivity index (χ3n) is 2.77. The Hall–Kier alpha value is 1.03. The predicted molar refractivity (Wildman–Crippen MR) is 93.6 cm³/mol. The predicted octanol–water partition coefficient (Wildman–Crippen LogP) is -0.688. The van der Waals surface area contributed by atoms with Gasteiger partial charge in [0.05, 0.1) is 0 Å². The van der Waals surface area contributed by atoms with Gasteiger partial charge in [-0.3, -0.25) is 0 Å². The first-order chi connectivity index (χ1) is 8.93. The standard InChI is InChI=1S/6C2H6N.2Ga/c6*1-3-2;;/h6*1-2H3;;/q6*-1;2*+3. The Morgan fingerprint density at radius 3 is 0.400 bits per heavy atom. The van der Waals surface area contributed by atoms with Gasteiger partial charge in [-0.15, -0.1) is 0 Å². The second-order valence-electron chi connectivity index (χ2n) is 6.47.